The van der Waals surface area contributed by atoms with Gasteiger partial charge in [-0.25, -0.2) is 0 Å². The second-order valence-electron chi connectivity index (χ2n) is 6.60. The van der Waals surface area contributed by atoms with Gasteiger partial charge in [0.05, 0.1) is 24.1 Å². The Kier molecular flexibility index (Phi) is 5.20. The van der Waals surface area contributed by atoms with Gasteiger partial charge in [-0.2, -0.15) is 16.3 Å². The summed E-state index contributed by atoms with van der Waals surface area (Å²) in [5.41, 5.74) is 3.12. The molecule has 0 amide bonds. The lowest BCUT2D eigenvalue weighted by atomic mass is 10.1. The maximum Gasteiger partial charge on any atom is 0.258 e. The van der Waals surface area contributed by atoms with Gasteiger partial charge in [-0.1, -0.05) is 41.2 Å². The molecule has 0 aliphatic heterocycles. The Bertz CT molecular complexity index is 1240. The Morgan fingerprint density at radius 3 is 2.83 bits per heavy atom. The first-order valence-corrected chi connectivity index (χ1v) is 11.2. The van der Waals surface area contributed by atoms with Gasteiger partial charge >= 0.3 is 0 Å². The molecule has 5 rings (SSSR count). The third-order valence-corrected chi connectivity index (χ3v) is 6.21. The number of aryl methyl sites for hydroxylation is 1. The molecule has 0 radical (unpaired) electrons. The quantitative estimate of drug-likeness (QED) is 0.321. The van der Waals surface area contributed by atoms with E-state index in [1.54, 1.807) is 17.6 Å². The molecule has 0 fully saturated rings. The van der Waals surface area contributed by atoms with Gasteiger partial charge in [0, 0.05) is 10.9 Å². The van der Waals surface area contributed by atoms with Crippen LogP contribution < -0.4 is 0 Å². The lowest BCUT2D eigenvalue weighted by Crippen LogP contribution is -2.04. The van der Waals surface area contributed by atoms with Gasteiger partial charge in [-0.05, 0) is 36.1 Å². The molecule has 4 heterocycles. The van der Waals surface area contributed by atoms with E-state index in [0.29, 0.717) is 24.0 Å². The third-order valence-electron chi connectivity index (χ3n) is 4.56. The first kappa shape index (κ1) is 18.8. The van der Waals surface area contributed by atoms with Crippen molar-refractivity contribution in [2.24, 2.45) is 0 Å². The Morgan fingerprint density at radius 2 is 2.03 bits per heavy atom. The number of hydrogen-bond donors (Lipinski definition) is 0. The molecular formula is C21H17N5O2S2. The second kappa shape index (κ2) is 8.29. The maximum absolute atomic E-state index is 5.57. The van der Waals surface area contributed by atoms with Crippen LogP contribution in [0.15, 0.2) is 73.6 Å². The highest BCUT2D eigenvalue weighted by Crippen LogP contribution is 2.29. The normalized spacial score (nSPS) is 11.2. The average molecular weight is 436 g/mol. The van der Waals surface area contributed by atoms with E-state index >= 15 is 0 Å². The van der Waals surface area contributed by atoms with Crippen LogP contribution in [0.25, 0.3) is 22.8 Å². The fourth-order valence-electron chi connectivity index (χ4n) is 3.06. The highest BCUT2D eigenvalue weighted by atomic mass is 32.2. The zero-order valence-electron chi connectivity index (χ0n) is 16.1. The van der Waals surface area contributed by atoms with Crippen molar-refractivity contribution in [3.05, 3.63) is 76.6 Å². The molecule has 4 aromatic heterocycles. The minimum absolute atomic E-state index is 0.525. The van der Waals surface area contributed by atoms with Crippen LogP contribution in [0.5, 0.6) is 0 Å². The van der Waals surface area contributed by atoms with Crippen LogP contribution in [-0.2, 0) is 12.3 Å². The third kappa shape index (κ3) is 3.81. The highest BCUT2D eigenvalue weighted by molar-refractivity contribution is 7.98. The summed E-state index contributed by atoms with van der Waals surface area (Å²) >= 11 is 3.12. The van der Waals surface area contributed by atoms with Crippen molar-refractivity contribution in [1.29, 1.82) is 0 Å². The largest absolute Gasteiger partial charge is 0.467 e. The van der Waals surface area contributed by atoms with Gasteiger partial charge in [0.25, 0.3) is 5.89 Å². The molecule has 7 nitrogen and oxygen atoms in total. The SMILES string of the molecule is Cc1ccccc1-c1nnc(SCc2noc(-c3ccsc3)n2)n1Cc1ccco1. The highest BCUT2D eigenvalue weighted by Gasteiger charge is 2.18. The summed E-state index contributed by atoms with van der Waals surface area (Å²) in [5.74, 6) is 3.32. The van der Waals surface area contributed by atoms with Crippen molar-refractivity contribution in [1.82, 2.24) is 24.9 Å². The number of thioether (sulfide) groups is 1. The number of furan rings is 1. The first-order valence-electron chi connectivity index (χ1n) is 9.27. The molecule has 5 aromatic rings. The minimum atomic E-state index is 0.525. The molecule has 30 heavy (non-hydrogen) atoms. The zero-order valence-corrected chi connectivity index (χ0v) is 17.7. The molecule has 0 saturated heterocycles. The van der Waals surface area contributed by atoms with Crippen LogP contribution in [0, 0.1) is 6.92 Å². The van der Waals surface area contributed by atoms with Crippen molar-refractivity contribution in [3.8, 4) is 22.8 Å². The molecule has 1 aromatic carbocycles. The number of rotatable bonds is 7. The molecule has 0 atom stereocenters. The van der Waals surface area contributed by atoms with E-state index < -0.39 is 0 Å². The van der Waals surface area contributed by atoms with E-state index in [2.05, 4.69) is 44.0 Å². The maximum atomic E-state index is 5.57. The predicted octanol–water partition coefficient (Wildman–Crippen LogP) is 5.30. The van der Waals surface area contributed by atoms with E-state index in [1.165, 1.54) is 11.8 Å². The topological polar surface area (TPSA) is 82.8 Å². The van der Waals surface area contributed by atoms with E-state index in [1.807, 2.05) is 41.1 Å². The summed E-state index contributed by atoms with van der Waals surface area (Å²) in [6, 6.07) is 13.9. The fourth-order valence-corrected chi connectivity index (χ4v) is 4.48. The predicted molar refractivity (Wildman–Crippen MR) is 115 cm³/mol. The zero-order chi connectivity index (χ0) is 20.3. The van der Waals surface area contributed by atoms with Gasteiger partial charge < -0.3 is 8.94 Å². The van der Waals surface area contributed by atoms with Crippen LogP contribution >= 0.6 is 23.1 Å². The lowest BCUT2D eigenvalue weighted by Gasteiger charge is -2.10. The summed E-state index contributed by atoms with van der Waals surface area (Å²) in [4.78, 5) is 4.48. The Balaban J connectivity index is 1.42. The van der Waals surface area contributed by atoms with Gasteiger partial charge in [-0.15, -0.1) is 10.2 Å². The van der Waals surface area contributed by atoms with Crippen LogP contribution in [0.1, 0.15) is 17.1 Å². The number of hydrogen-bond acceptors (Lipinski definition) is 8. The van der Waals surface area contributed by atoms with Gasteiger partial charge in [-0.3, -0.25) is 4.57 Å². The molecule has 150 valence electrons. The van der Waals surface area contributed by atoms with E-state index in [-0.39, 0.29) is 0 Å². The van der Waals surface area contributed by atoms with Crippen LogP contribution in [0.3, 0.4) is 0 Å². The Labute approximate surface area is 180 Å². The van der Waals surface area contributed by atoms with Crippen LogP contribution in [0.4, 0.5) is 0 Å². The molecular weight excluding hydrogens is 418 g/mol. The molecule has 0 saturated carbocycles. The fraction of sp³-hybridized carbons (Fsp3) is 0.143. The Hall–Kier alpha value is -3.17. The van der Waals surface area contributed by atoms with Crippen molar-refractivity contribution in [3.63, 3.8) is 0 Å². The molecule has 0 spiro atoms. The molecule has 0 aliphatic carbocycles. The van der Waals surface area contributed by atoms with Crippen molar-refractivity contribution in [2.75, 3.05) is 0 Å². The monoisotopic (exact) mass is 435 g/mol. The smallest absolute Gasteiger partial charge is 0.258 e. The van der Waals surface area contributed by atoms with E-state index in [4.69, 9.17) is 8.94 Å². The number of aromatic nitrogens is 5. The second-order valence-corrected chi connectivity index (χ2v) is 8.33. The number of benzene rings is 1. The van der Waals surface area contributed by atoms with Gasteiger partial charge in [0.1, 0.15) is 5.76 Å². The van der Waals surface area contributed by atoms with Crippen molar-refractivity contribution < 1.29 is 8.94 Å². The van der Waals surface area contributed by atoms with Gasteiger partial charge in [0.2, 0.25) is 0 Å². The molecule has 0 unspecified atom stereocenters. The van der Waals surface area contributed by atoms with Crippen LogP contribution in [0.2, 0.25) is 0 Å². The Morgan fingerprint density at radius 1 is 1.10 bits per heavy atom. The van der Waals surface area contributed by atoms with Gasteiger partial charge in [0.15, 0.2) is 16.8 Å². The summed E-state index contributed by atoms with van der Waals surface area (Å²) < 4.78 is 13.0. The average Bonchev–Trinajstić information content (AvgIpc) is 3.55. The molecule has 0 N–H and O–H groups in total. The summed E-state index contributed by atoms with van der Waals surface area (Å²) in [6.07, 6.45) is 1.67. The molecule has 9 heteroatoms. The molecule has 0 aliphatic rings. The summed E-state index contributed by atoms with van der Waals surface area (Å²) in [6.45, 7) is 2.61. The van der Waals surface area contributed by atoms with Crippen molar-refractivity contribution in [2.45, 2.75) is 24.4 Å². The number of thiophene rings is 1. The minimum Gasteiger partial charge on any atom is -0.467 e. The first-order chi connectivity index (χ1) is 14.8. The summed E-state index contributed by atoms with van der Waals surface area (Å²) in [5, 5.41) is 17.7. The van der Waals surface area contributed by atoms with E-state index in [0.717, 1.165) is 33.4 Å². The van der Waals surface area contributed by atoms with E-state index in [9.17, 15) is 0 Å². The van der Waals surface area contributed by atoms with Crippen molar-refractivity contribution >= 4 is 23.1 Å². The lowest BCUT2D eigenvalue weighted by molar-refractivity contribution is 0.425. The standard InChI is InChI=1S/C21H17N5O2S2/c1-14-5-2-3-7-17(14)19-23-24-21(26(19)11-16-6-4-9-27-16)30-13-18-22-20(28-25-18)15-8-10-29-12-15/h2-10,12H,11,13H2,1H3. The summed E-state index contributed by atoms with van der Waals surface area (Å²) in [7, 11) is 0. The van der Waals surface area contributed by atoms with Crippen LogP contribution in [-0.4, -0.2) is 24.9 Å². The number of nitrogens with zero attached hydrogens (tertiary/aromatic N) is 5. The molecule has 0 bridgehead atoms.